The van der Waals surface area contributed by atoms with Gasteiger partial charge in [-0.3, -0.25) is 0 Å². The monoisotopic (exact) mass is 307 g/mol. The number of nitrogens with two attached hydrogens (primary N) is 1. The SMILES string of the molecule is CCN(CC)c1nc(N)nc(S(=O)(=O)c2ccccc2)n1. The maximum Gasteiger partial charge on any atom is 0.258 e. The Morgan fingerprint density at radius 1 is 1.05 bits per heavy atom. The van der Waals surface area contributed by atoms with E-state index in [9.17, 15) is 8.42 Å². The van der Waals surface area contributed by atoms with Crippen LogP contribution in [0.3, 0.4) is 0 Å². The van der Waals surface area contributed by atoms with Crippen LogP contribution < -0.4 is 10.6 Å². The largest absolute Gasteiger partial charge is 0.368 e. The summed E-state index contributed by atoms with van der Waals surface area (Å²) >= 11 is 0. The van der Waals surface area contributed by atoms with E-state index in [0.717, 1.165) is 0 Å². The van der Waals surface area contributed by atoms with Crippen LogP contribution in [0.4, 0.5) is 11.9 Å². The first-order valence-electron chi connectivity index (χ1n) is 6.55. The van der Waals surface area contributed by atoms with Crippen LogP contribution in [0.15, 0.2) is 40.4 Å². The molecule has 112 valence electrons. The van der Waals surface area contributed by atoms with Gasteiger partial charge in [0, 0.05) is 13.1 Å². The summed E-state index contributed by atoms with van der Waals surface area (Å²) in [5.74, 6) is 0.156. The summed E-state index contributed by atoms with van der Waals surface area (Å²) in [6.07, 6.45) is 0. The molecule has 0 saturated carbocycles. The zero-order chi connectivity index (χ0) is 15.5. The molecule has 1 aromatic heterocycles. The fourth-order valence-corrected chi connectivity index (χ4v) is 2.98. The second-order valence-corrected chi connectivity index (χ2v) is 6.11. The molecule has 0 saturated heterocycles. The predicted molar refractivity (Wildman–Crippen MR) is 79.7 cm³/mol. The van der Waals surface area contributed by atoms with E-state index in [2.05, 4.69) is 15.0 Å². The summed E-state index contributed by atoms with van der Waals surface area (Å²) in [5.41, 5.74) is 5.63. The predicted octanol–water partition coefficient (Wildman–Crippen LogP) is 1.13. The van der Waals surface area contributed by atoms with Crippen molar-refractivity contribution < 1.29 is 8.42 Å². The number of nitrogens with zero attached hydrogens (tertiary/aromatic N) is 4. The number of hydrogen-bond acceptors (Lipinski definition) is 7. The van der Waals surface area contributed by atoms with Gasteiger partial charge >= 0.3 is 0 Å². The molecule has 7 nitrogen and oxygen atoms in total. The van der Waals surface area contributed by atoms with Crippen molar-refractivity contribution in [3.63, 3.8) is 0 Å². The third kappa shape index (κ3) is 3.10. The van der Waals surface area contributed by atoms with Crippen molar-refractivity contribution in [3.05, 3.63) is 30.3 Å². The minimum absolute atomic E-state index is 0.110. The first-order valence-corrected chi connectivity index (χ1v) is 8.04. The number of anilines is 2. The van der Waals surface area contributed by atoms with Gasteiger partial charge in [0.05, 0.1) is 4.90 Å². The number of hydrogen-bond donors (Lipinski definition) is 1. The number of aromatic nitrogens is 3. The van der Waals surface area contributed by atoms with E-state index in [1.807, 2.05) is 18.7 Å². The lowest BCUT2D eigenvalue weighted by molar-refractivity contribution is 0.585. The molecule has 1 aromatic carbocycles. The molecule has 0 radical (unpaired) electrons. The molecule has 0 aliphatic rings. The first-order chi connectivity index (χ1) is 9.98. The average Bonchev–Trinajstić information content (AvgIpc) is 2.49. The maximum atomic E-state index is 12.5. The highest BCUT2D eigenvalue weighted by atomic mass is 32.2. The highest BCUT2D eigenvalue weighted by Crippen LogP contribution is 2.19. The van der Waals surface area contributed by atoms with Crippen molar-refractivity contribution in [1.29, 1.82) is 0 Å². The lowest BCUT2D eigenvalue weighted by Crippen LogP contribution is -2.26. The molecule has 0 aliphatic carbocycles. The topological polar surface area (TPSA) is 102 Å². The smallest absolute Gasteiger partial charge is 0.258 e. The van der Waals surface area contributed by atoms with Gasteiger partial charge in [-0.1, -0.05) is 18.2 Å². The average molecular weight is 307 g/mol. The van der Waals surface area contributed by atoms with Gasteiger partial charge in [0.15, 0.2) is 0 Å². The van der Waals surface area contributed by atoms with E-state index in [4.69, 9.17) is 5.73 Å². The number of benzene rings is 1. The molecule has 2 N–H and O–H groups in total. The van der Waals surface area contributed by atoms with Crippen LogP contribution in [0.1, 0.15) is 13.8 Å². The molecule has 8 heteroatoms. The zero-order valence-electron chi connectivity index (χ0n) is 11.9. The second kappa shape index (κ2) is 6.04. The standard InChI is InChI=1S/C13H17N5O2S/c1-3-18(4-2)12-15-11(14)16-13(17-12)21(19,20)10-8-6-5-7-9-10/h5-9H,3-4H2,1-2H3,(H2,14,15,16,17). The number of nitrogen functional groups attached to an aromatic ring is 1. The van der Waals surface area contributed by atoms with Crippen molar-refractivity contribution in [2.45, 2.75) is 23.9 Å². The van der Waals surface area contributed by atoms with Gasteiger partial charge < -0.3 is 10.6 Å². The Kier molecular flexibility index (Phi) is 4.37. The summed E-state index contributed by atoms with van der Waals surface area (Å²) in [5, 5.41) is -0.330. The molecule has 0 fully saturated rings. The fraction of sp³-hybridized carbons (Fsp3) is 0.308. The Labute approximate surface area is 123 Å². The molecule has 0 amide bonds. The van der Waals surface area contributed by atoms with Crippen molar-refractivity contribution in [2.75, 3.05) is 23.7 Å². The molecule has 2 rings (SSSR count). The van der Waals surface area contributed by atoms with Gasteiger partial charge in [0.1, 0.15) is 0 Å². The normalized spacial score (nSPS) is 11.3. The van der Waals surface area contributed by atoms with Crippen molar-refractivity contribution in [3.8, 4) is 0 Å². The van der Waals surface area contributed by atoms with Crippen molar-refractivity contribution in [1.82, 2.24) is 15.0 Å². The van der Waals surface area contributed by atoms with Gasteiger partial charge in [0.25, 0.3) is 5.16 Å². The van der Waals surface area contributed by atoms with Crippen LogP contribution >= 0.6 is 0 Å². The van der Waals surface area contributed by atoms with E-state index in [0.29, 0.717) is 13.1 Å². The van der Waals surface area contributed by atoms with Crippen molar-refractivity contribution >= 4 is 21.7 Å². The Morgan fingerprint density at radius 3 is 2.24 bits per heavy atom. The first kappa shape index (κ1) is 15.2. The highest BCUT2D eigenvalue weighted by molar-refractivity contribution is 7.91. The fourth-order valence-electron chi connectivity index (χ4n) is 1.83. The Balaban J connectivity index is 2.54. The molecule has 0 bridgehead atoms. The van der Waals surface area contributed by atoms with Gasteiger partial charge in [-0.2, -0.15) is 15.0 Å². The highest BCUT2D eigenvalue weighted by Gasteiger charge is 2.23. The molecule has 0 aliphatic heterocycles. The summed E-state index contributed by atoms with van der Waals surface area (Å²) in [6.45, 7) is 5.14. The maximum absolute atomic E-state index is 12.5. The van der Waals surface area contributed by atoms with Crippen LogP contribution in [-0.4, -0.2) is 36.5 Å². The third-order valence-corrected chi connectivity index (χ3v) is 4.52. The molecule has 1 heterocycles. The van der Waals surface area contributed by atoms with Gasteiger partial charge in [-0.15, -0.1) is 0 Å². The minimum atomic E-state index is -3.80. The van der Waals surface area contributed by atoms with E-state index in [1.165, 1.54) is 12.1 Å². The Hall–Kier alpha value is -2.22. The van der Waals surface area contributed by atoms with E-state index >= 15 is 0 Å². The number of sulfone groups is 1. The zero-order valence-corrected chi connectivity index (χ0v) is 12.7. The Bertz CT molecular complexity index is 715. The quantitative estimate of drug-likeness (QED) is 0.883. The van der Waals surface area contributed by atoms with Gasteiger partial charge in [-0.05, 0) is 26.0 Å². The minimum Gasteiger partial charge on any atom is -0.368 e. The molecule has 21 heavy (non-hydrogen) atoms. The van der Waals surface area contributed by atoms with E-state index in [-0.39, 0.29) is 21.9 Å². The number of rotatable bonds is 5. The summed E-state index contributed by atoms with van der Waals surface area (Å²) in [7, 11) is -3.80. The molecule has 2 aromatic rings. The van der Waals surface area contributed by atoms with Crippen molar-refractivity contribution in [2.24, 2.45) is 0 Å². The molecular formula is C13H17N5O2S. The van der Waals surface area contributed by atoms with Crippen LogP contribution in [0.2, 0.25) is 0 Å². The van der Waals surface area contributed by atoms with E-state index < -0.39 is 9.84 Å². The van der Waals surface area contributed by atoms with Gasteiger partial charge in [0.2, 0.25) is 21.7 Å². The lowest BCUT2D eigenvalue weighted by Gasteiger charge is -2.18. The van der Waals surface area contributed by atoms with E-state index in [1.54, 1.807) is 18.2 Å². The van der Waals surface area contributed by atoms with Crippen LogP contribution in [0.25, 0.3) is 0 Å². The lowest BCUT2D eigenvalue weighted by atomic mass is 10.4. The summed E-state index contributed by atoms with van der Waals surface area (Å²) in [6, 6.07) is 8.01. The van der Waals surface area contributed by atoms with Crippen LogP contribution in [0, 0.1) is 0 Å². The molecule has 0 spiro atoms. The van der Waals surface area contributed by atoms with Crippen LogP contribution in [-0.2, 0) is 9.84 Å². The molecular weight excluding hydrogens is 290 g/mol. The van der Waals surface area contributed by atoms with Crippen LogP contribution in [0.5, 0.6) is 0 Å². The second-order valence-electron chi connectivity index (χ2n) is 4.26. The molecule has 0 unspecified atom stereocenters. The Morgan fingerprint density at radius 2 is 1.67 bits per heavy atom. The third-order valence-electron chi connectivity index (χ3n) is 2.96. The summed E-state index contributed by atoms with van der Waals surface area (Å²) in [4.78, 5) is 13.8. The molecule has 0 atom stereocenters. The summed E-state index contributed by atoms with van der Waals surface area (Å²) < 4.78 is 25.0. The van der Waals surface area contributed by atoms with Gasteiger partial charge in [-0.25, -0.2) is 8.42 Å².